The van der Waals surface area contributed by atoms with E-state index in [1.165, 1.54) is 0 Å². The lowest BCUT2D eigenvalue weighted by Crippen LogP contribution is -2.49. The summed E-state index contributed by atoms with van der Waals surface area (Å²) in [6, 6.07) is 7.51. The zero-order valence-corrected chi connectivity index (χ0v) is 15.9. The van der Waals surface area contributed by atoms with Crippen molar-refractivity contribution in [2.24, 2.45) is 0 Å². The first-order valence-corrected chi connectivity index (χ1v) is 8.87. The molecular formula is C20H25N3O4. The predicted molar refractivity (Wildman–Crippen MR) is 101 cm³/mol. The molecule has 1 unspecified atom stereocenters. The van der Waals surface area contributed by atoms with Crippen molar-refractivity contribution >= 4 is 5.91 Å². The van der Waals surface area contributed by atoms with Crippen molar-refractivity contribution in [3.05, 3.63) is 47.8 Å². The molecule has 1 saturated heterocycles. The van der Waals surface area contributed by atoms with E-state index in [-0.39, 0.29) is 18.4 Å². The predicted octanol–water partition coefficient (Wildman–Crippen LogP) is 1.82. The monoisotopic (exact) mass is 371 g/mol. The highest BCUT2D eigenvalue weighted by molar-refractivity contribution is 5.80. The van der Waals surface area contributed by atoms with E-state index in [9.17, 15) is 4.79 Å². The lowest BCUT2D eigenvalue weighted by atomic mass is 10.0. The van der Waals surface area contributed by atoms with E-state index in [4.69, 9.17) is 14.2 Å². The van der Waals surface area contributed by atoms with Crippen LogP contribution in [0.4, 0.5) is 0 Å². The summed E-state index contributed by atoms with van der Waals surface area (Å²) >= 11 is 0. The number of carbonyl (C=O) groups excluding carboxylic acids is 1. The van der Waals surface area contributed by atoms with Gasteiger partial charge < -0.3 is 24.4 Å². The second-order valence-electron chi connectivity index (χ2n) is 6.30. The summed E-state index contributed by atoms with van der Waals surface area (Å²) < 4.78 is 16.1. The molecule has 0 aliphatic carbocycles. The highest BCUT2D eigenvalue weighted by Crippen LogP contribution is 2.38. The van der Waals surface area contributed by atoms with Crippen molar-refractivity contribution in [3.8, 4) is 17.2 Å². The maximum atomic E-state index is 13.1. The minimum absolute atomic E-state index is 0.0259. The molecule has 0 saturated carbocycles. The minimum Gasteiger partial charge on any atom is -0.493 e. The fraction of sp³-hybridized carbons (Fsp3) is 0.400. The second kappa shape index (κ2) is 8.73. The molecule has 0 bridgehead atoms. The van der Waals surface area contributed by atoms with Crippen molar-refractivity contribution < 1.29 is 19.0 Å². The number of aromatic nitrogens is 1. The molecule has 1 aliphatic heterocycles. The van der Waals surface area contributed by atoms with Gasteiger partial charge in [-0.1, -0.05) is 6.07 Å². The highest BCUT2D eigenvalue weighted by Gasteiger charge is 2.28. The topological polar surface area (TPSA) is 72.9 Å². The van der Waals surface area contributed by atoms with E-state index < -0.39 is 0 Å². The van der Waals surface area contributed by atoms with Gasteiger partial charge >= 0.3 is 0 Å². The first kappa shape index (κ1) is 19.0. The van der Waals surface area contributed by atoms with Crippen LogP contribution in [0.25, 0.3) is 0 Å². The summed E-state index contributed by atoms with van der Waals surface area (Å²) in [4.78, 5) is 19.2. The molecule has 1 N–H and O–H groups in total. The van der Waals surface area contributed by atoms with Crippen LogP contribution in [0.5, 0.6) is 17.2 Å². The molecule has 2 heterocycles. The highest BCUT2D eigenvalue weighted by atomic mass is 16.5. The first-order valence-electron chi connectivity index (χ1n) is 8.87. The van der Waals surface area contributed by atoms with E-state index in [0.29, 0.717) is 30.3 Å². The molecule has 1 aromatic carbocycles. The Kier molecular flexibility index (Phi) is 6.13. The Hall–Kier alpha value is -2.80. The zero-order valence-electron chi connectivity index (χ0n) is 15.9. The Labute approximate surface area is 159 Å². The Balaban J connectivity index is 1.83. The molecule has 2 aromatic rings. The number of ether oxygens (including phenoxy) is 3. The zero-order chi connectivity index (χ0) is 19.2. The maximum absolute atomic E-state index is 13.1. The van der Waals surface area contributed by atoms with Crippen molar-refractivity contribution in [1.82, 2.24) is 15.2 Å². The number of rotatable bonds is 6. The maximum Gasteiger partial charge on any atom is 0.227 e. The van der Waals surface area contributed by atoms with Crippen LogP contribution in [0.2, 0.25) is 0 Å². The molecule has 1 aliphatic rings. The number of piperazine rings is 1. The number of carbonyl (C=O) groups is 1. The van der Waals surface area contributed by atoms with Crippen LogP contribution in [0.15, 0.2) is 36.7 Å². The summed E-state index contributed by atoms with van der Waals surface area (Å²) in [6.45, 7) is 2.15. The lowest BCUT2D eigenvalue weighted by Gasteiger charge is -2.36. The molecule has 7 nitrogen and oxygen atoms in total. The van der Waals surface area contributed by atoms with E-state index in [1.807, 2.05) is 35.4 Å². The molecule has 3 rings (SSSR count). The molecule has 27 heavy (non-hydrogen) atoms. The summed E-state index contributed by atoms with van der Waals surface area (Å²) in [5.74, 6) is 1.67. The fourth-order valence-electron chi connectivity index (χ4n) is 3.39. The standard InChI is InChI=1S/C20H25N3O4/c1-25-17-9-14(10-18(26-2)20(17)27-3)11-19(24)23-8-7-22-13-16(23)15-5-4-6-21-12-15/h4-6,9-10,12,16,22H,7-8,11,13H2,1-3H3. The second-order valence-corrected chi connectivity index (χ2v) is 6.30. The van der Waals surface area contributed by atoms with Gasteiger partial charge in [0, 0.05) is 32.0 Å². The normalized spacial score (nSPS) is 16.7. The Morgan fingerprint density at radius 1 is 1.22 bits per heavy atom. The van der Waals surface area contributed by atoms with Crippen molar-refractivity contribution in [2.75, 3.05) is 41.0 Å². The van der Waals surface area contributed by atoms with Gasteiger partial charge in [-0.2, -0.15) is 0 Å². The van der Waals surface area contributed by atoms with Crippen LogP contribution in [-0.2, 0) is 11.2 Å². The van der Waals surface area contributed by atoms with Gasteiger partial charge in [0.05, 0.1) is 33.8 Å². The smallest absolute Gasteiger partial charge is 0.227 e. The molecule has 0 spiro atoms. The molecule has 0 radical (unpaired) electrons. The molecule has 1 aromatic heterocycles. The van der Waals surface area contributed by atoms with Crippen molar-refractivity contribution in [1.29, 1.82) is 0 Å². The van der Waals surface area contributed by atoms with Gasteiger partial charge in [0.25, 0.3) is 0 Å². The number of nitrogens with one attached hydrogen (secondary N) is 1. The van der Waals surface area contributed by atoms with E-state index in [1.54, 1.807) is 27.5 Å². The van der Waals surface area contributed by atoms with Crippen molar-refractivity contribution in [3.63, 3.8) is 0 Å². The number of hydrogen-bond donors (Lipinski definition) is 1. The molecular weight excluding hydrogens is 346 g/mol. The van der Waals surface area contributed by atoms with Gasteiger partial charge in [0.2, 0.25) is 11.7 Å². The molecule has 144 valence electrons. The molecule has 1 atom stereocenters. The lowest BCUT2D eigenvalue weighted by molar-refractivity contribution is -0.133. The van der Waals surface area contributed by atoms with E-state index >= 15 is 0 Å². The number of benzene rings is 1. The summed E-state index contributed by atoms with van der Waals surface area (Å²) in [7, 11) is 4.69. The average molecular weight is 371 g/mol. The molecule has 1 amide bonds. The number of methoxy groups -OCH3 is 3. The van der Waals surface area contributed by atoms with Gasteiger partial charge in [-0.05, 0) is 29.3 Å². The van der Waals surface area contributed by atoms with Crippen molar-refractivity contribution in [2.45, 2.75) is 12.5 Å². The van der Waals surface area contributed by atoms with E-state index in [0.717, 1.165) is 17.7 Å². The minimum atomic E-state index is -0.0259. The largest absolute Gasteiger partial charge is 0.493 e. The number of amides is 1. The number of nitrogens with zero attached hydrogens (tertiary/aromatic N) is 2. The third kappa shape index (κ3) is 4.14. The summed E-state index contributed by atoms with van der Waals surface area (Å²) in [6.07, 6.45) is 3.81. The fourth-order valence-corrected chi connectivity index (χ4v) is 3.39. The SMILES string of the molecule is COc1cc(CC(=O)N2CCNCC2c2cccnc2)cc(OC)c1OC. The first-order chi connectivity index (χ1) is 13.2. The van der Waals surface area contributed by atoms with Crippen LogP contribution >= 0.6 is 0 Å². The van der Waals surface area contributed by atoms with Gasteiger partial charge in [0.15, 0.2) is 11.5 Å². The Morgan fingerprint density at radius 3 is 2.56 bits per heavy atom. The number of pyridine rings is 1. The third-order valence-corrected chi connectivity index (χ3v) is 4.71. The quantitative estimate of drug-likeness (QED) is 0.835. The van der Waals surface area contributed by atoms with Gasteiger partial charge in [0.1, 0.15) is 0 Å². The van der Waals surface area contributed by atoms with Gasteiger partial charge in [-0.25, -0.2) is 0 Å². The van der Waals surface area contributed by atoms with E-state index in [2.05, 4.69) is 10.3 Å². The van der Waals surface area contributed by atoms with Crippen LogP contribution in [0.1, 0.15) is 17.2 Å². The van der Waals surface area contributed by atoms with Crippen LogP contribution in [-0.4, -0.2) is 56.8 Å². The number of hydrogen-bond acceptors (Lipinski definition) is 6. The Bertz CT molecular complexity index is 757. The van der Waals surface area contributed by atoms with Gasteiger partial charge in [-0.3, -0.25) is 9.78 Å². The van der Waals surface area contributed by atoms with Crippen LogP contribution in [0, 0.1) is 0 Å². The van der Waals surface area contributed by atoms with Crippen LogP contribution < -0.4 is 19.5 Å². The Morgan fingerprint density at radius 2 is 1.96 bits per heavy atom. The average Bonchev–Trinajstić information content (AvgIpc) is 2.73. The summed E-state index contributed by atoms with van der Waals surface area (Å²) in [5.41, 5.74) is 1.85. The molecule has 7 heteroatoms. The third-order valence-electron chi connectivity index (χ3n) is 4.71. The summed E-state index contributed by atoms with van der Waals surface area (Å²) in [5, 5.41) is 3.36. The molecule has 1 fully saturated rings. The van der Waals surface area contributed by atoms with Crippen LogP contribution in [0.3, 0.4) is 0 Å². The van der Waals surface area contributed by atoms with Gasteiger partial charge in [-0.15, -0.1) is 0 Å².